The zero-order valence-corrected chi connectivity index (χ0v) is 14.5. The number of benzene rings is 1. The van der Waals surface area contributed by atoms with E-state index in [0.29, 0.717) is 5.02 Å². The van der Waals surface area contributed by atoms with Gasteiger partial charge in [0.15, 0.2) is 5.13 Å². The molecule has 9 heteroatoms. The van der Waals surface area contributed by atoms with Gasteiger partial charge in [-0.2, -0.15) is 13.2 Å². The molecule has 1 aromatic carbocycles. The normalized spacial score (nSPS) is 17.3. The number of thiazole rings is 1. The molecule has 0 radical (unpaired) electrons. The lowest BCUT2D eigenvalue weighted by molar-refractivity contribution is -0.237. The number of carbonyl (C=O) groups is 1. The number of ether oxygens (including phenoxy) is 1. The molecule has 0 aliphatic carbocycles. The quantitative estimate of drug-likeness (QED) is 0.822. The number of carbonyl (C=O) groups excluding carboxylic acids is 1. The number of hydrogen-bond acceptors (Lipinski definition) is 4. The summed E-state index contributed by atoms with van der Waals surface area (Å²) in [4.78, 5) is 17.1. The van der Waals surface area contributed by atoms with Gasteiger partial charge in [-0.15, -0.1) is 0 Å². The van der Waals surface area contributed by atoms with Crippen LogP contribution in [0.4, 0.5) is 18.3 Å². The highest BCUT2D eigenvalue weighted by Gasteiger charge is 2.60. The topological polar surface area (TPSA) is 51.2 Å². The first-order chi connectivity index (χ1) is 11.8. The third-order valence-corrected chi connectivity index (χ3v) is 5.39. The van der Waals surface area contributed by atoms with Crippen molar-refractivity contribution in [2.75, 3.05) is 18.5 Å². The number of hydrogen-bond donors (Lipinski definition) is 1. The van der Waals surface area contributed by atoms with Crippen molar-refractivity contribution in [3.05, 3.63) is 35.5 Å². The van der Waals surface area contributed by atoms with Gasteiger partial charge in [0.1, 0.15) is 5.41 Å². The molecule has 1 aromatic heterocycles. The van der Waals surface area contributed by atoms with E-state index in [9.17, 15) is 18.0 Å². The molecule has 25 heavy (non-hydrogen) atoms. The fourth-order valence-electron chi connectivity index (χ4n) is 2.66. The molecule has 0 bridgehead atoms. The number of amides is 1. The second-order valence-corrected chi connectivity index (χ2v) is 7.15. The van der Waals surface area contributed by atoms with Crippen molar-refractivity contribution in [1.29, 1.82) is 0 Å². The summed E-state index contributed by atoms with van der Waals surface area (Å²) in [7, 11) is 0. The van der Waals surface area contributed by atoms with Gasteiger partial charge in [0, 0.05) is 24.4 Å². The maximum absolute atomic E-state index is 13.5. The molecule has 2 aromatic rings. The fraction of sp³-hybridized carbons (Fsp3) is 0.375. The number of rotatable bonds is 3. The van der Waals surface area contributed by atoms with Crippen LogP contribution >= 0.6 is 22.9 Å². The number of nitrogens with one attached hydrogen (secondary N) is 1. The van der Waals surface area contributed by atoms with Gasteiger partial charge in [0.2, 0.25) is 5.91 Å². The summed E-state index contributed by atoms with van der Waals surface area (Å²) in [5.41, 5.74) is -1.61. The molecule has 1 N–H and O–H groups in total. The highest BCUT2D eigenvalue weighted by Crippen LogP contribution is 2.47. The van der Waals surface area contributed by atoms with E-state index < -0.39 is 30.3 Å². The van der Waals surface area contributed by atoms with Gasteiger partial charge in [0.25, 0.3) is 0 Å². The Kier molecular flexibility index (Phi) is 5.04. The third kappa shape index (κ3) is 3.65. The first-order valence-electron chi connectivity index (χ1n) is 7.49. The second kappa shape index (κ2) is 6.93. The van der Waals surface area contributed by atoms with E-state index in [1.165, 1.54) is 6.20 Å². The number of aromatic nitrogens is 1. The van der Waals surface area contributed by atoms with E-state index in [-0.39, 0.29) is 18.3 Å². The van der Waals surface area contributed by atoms with Crippen LogP contribution in [0.3, 0.4) is 0 Å². The number of anilines is 1. The Balaban J connectivity index is 1.79. The van der Waals surface area contributed by atoms with Crippen LogP contribution in [0.25, 0.3) is 10.4 Å². The van der Waals surface area contributed by atoms with Gasteiger partial charge in [-0.1, -0.05) is 35.1 Å². The molecule has 4 nitrogen and oxygen atoms in total. The molecule has 3 rings (SSSR count). The lowest BCUT2D eigenvalue weighted by Crippen LogP contribution is -2.51. The average molecular weight is 391 g/mol. The largest absolute Gasteiger partial charge is 0.403 e. The lowest BCUT2D eigenvalue weighted by atomic mass is 9.78. The summed E-state index contributed by atoms with van der Waals surface area (Å²) in [5.74, 6) is -1.08. The summed E-state index contributed by atoms with van der Waals surface area (Å²) in [6.45, 7) is -0.193. The summed E-state index contributed by atoms with van der Waals surface area (Å²) in [6.07, 6.45) is -3.92. The molecule has 1 saturated heterocycles. The van der Waals surface area contributed by atoms with Gasteiger partial charge in [0.05, 0.1) is 4.88 Å². The molecular formula is C16H14ClF3N2O2S. The number of halogens is 4. The second-order valence-electron chi connectivity index (χ2n) is 5.68. The first-order valence-corrected chi connectivity index (χ1v) is 8.69. The molecule has 1 aliphatic heterocycles. The molecule has 1 fully saturated rings. The Morgan fingerprint density at radius 2 is 1.88 bits per heavy atom. The SMILES string of the molecule is O=C(Nc1ncc(-c2ccc(Cl)cc2)s1)C1(C(F)(F)F)CCOCC1. The van der Waals surface area contributed by atoms with Gasteiger partial charge in [-0.05, 0) is 30.5 Å². The molecule has 0 atom stereocenters. The highest BCUT2D eigenvalue weighted by molar-refractivity contribution is 7.19. The van der Waals surface area contributed by atoms with Crippen LogP contribution < -0.4 is 5.32 Å². The maximum Gasteiger partial charge on any atom is 0.403 e. The predicted molar refractivity (Wildman–Crippen MR) is 89.7 cm³/mol. The zero-order valence-electron chi connectivity index (χ0n) is 12.9. The third-order valence-electron chi connectivity index (χ3n) is 4.18. The zero-order chi connectivity index (χ0) is 18.1. The van der Waals surface area contributed by atoms with Gasteiger partial charge in [-0.25, -0.2) is 4.98 Å². The number of alkyl halides is 3. The summed E-state index contributed by atoms with van der Waals surface area (Å²) < 4.78 is 45.5. The van der Waals surface area contributed by atoms with Crippen molar-refractivity contribution in [2.24, 2.45) is 5.41 Å². The Morgan fingerprint density at radius 3 is 2.48 bits per heavy atom. The smallest absolute Gasteiger partial charge is 0.381 e. The molecule has 0 unspecified atom stereocenters. The van der Waals surface area contributed by atoms with Gasteiger partial charge in [-0.3, -0.25) is 4.79 Å². The lowest BCUT2D eigenvalue weighted by Gasteiger charge is -2.36. The Bertz CT molecular complexity index is 755. The standard InChI is InChI=1S/C16H14ClF3N2O2S/c17-11-3-1-10(2-4-11)12-9-21-14(25-12)22-13(23)15(16(18,19)20)5-7-24-8-6-15/h1-4,9H,5-8H2,(H,21,22,23). The van der Waals surface area contributed by atoms with E-state index in [1.807, 2.05) is 0 Å². The first kappa shape index (κ1) is 18.2. The molecule has 0 spiro atoms. The van der Waals surface area contributed by atoms with Crippen molar-refractivity contribution in [3.8, 4) is 10.4 Å². The Morgan fingerprint density at radius 1 is 1.24 bits per heavy atom. The van der Waals surface area contributed by atoms with Crippen molar-refractivity contribution in [2.45, 2.75) is 19.0 Å². The van der Waals surface area contributed by atoms with E-state index in [4.69, 9.17) is 16.3 Å². The molecule has 1 amide bonds. The Hall–Kier alpha value is -1.64. The average Bonchev–Trinajstić information content (AvgIpc) is 3.03. The van der Waals surface area contributed by atoms with Crippen LogP contribution in [-0.2, 0) is 9.53 Å². The minimum Gasteiger partial charge on any atom is -0.381 e. The van der Waals surface area contributed by atoms with Crippen LogP contribution in [0.5, 0.6) is 0 Å². The van der Waals surface area contributed by atoms with Crippen LogP contribution in [0, 0.1) is 5.41 Å². The molecule has 1 aliphatic rings. The molecule has 134 valence electrons. The van der Waals surface area contributed by atoms with Crippen LogP contribution in [-0.4, -0.2) is 30.3 Å². The molecule has 0 saturated carbocycles. The van der Waals surface area contributed by atoms with Crippen LogP contribution in [0.15, 0.2) is 30.5 Å². The highest BCUT2D eigenvalue weighted by atomic mass is 35.5. The van der Waals surface area contributed by atoms with Gasteiger partial charge >= 0.3 is 6.18 Å². The van der Waals surface area contributed by atoms with Crippen molar-refractivity contribution in [1.82, 2.24) is 4.98 Å². The minimum atomic E-state index is -4.64. The summed E-state index contributed by atoms with van der Waals surface area (Å²) in [5, 5.41) is 3.03. The number of nitrogens with zero attached hydrogens (tertiary/aromatic N) is 1. The monoisotopic (exact) mass is 390 g/mol. The molecular weight excluding hydrogens is 377 g/mol. The van der Waals surface area contributed by atoms with Crippen molar-refractivity contribution in [3.63, 3.8) is 0 Å². The minimum absolute atomic E-state index is 0.0964. The van der Waals surface area contributed by atoms with E-state index in [0.717, 1.165) is 21.8 Å². The predicted octanol–water partition coefficient (Wildman–Crippen LogP) is 4.76. The van der Waals surface area contributed by atoms with Crippen molar-refractivity contribution < 1.29 is 22.7 Å². The summed E-state index contributed by atoms with van der Waals surface area (Å²) in [6, 6.07) is 6.96. The van der Waals surface area contributed by atoms with Crippen molar-refractivity contribution >= 4 is 34.0 Å². The van der Waals surface area contributed by atoms with Gasteiger partial charge < -0.3 is 10.1 Å². The van der Waals surface area contributed by atoms with E-state index in [1.54, 1.807) is 24.3 Å². The van der Waals surface area contributed by atoms with Crippen LogP contribution in [0.2, 0.25) is 5.02 Å². The maximum atomic E-state index is 13.5. The van der Waals surface area contributed by atoms with E-state index >= 15 is 0 Å². The molecule has 2 heterocycles. The Labute approximate surface area is 151 Å². The van der Waals surface area contributed by atoms with Crippen LogP contribution in [0.1, 0.15) is 12.8 Å². The summed E-state index contributed by atoms with van der Waals surface area (Å²) >= 11 is 6.94. The fourth-order valence-corrected chi connectivity index (χ4v) is 3.60. The van der Waals surface area contributed by atoms with E-state index in [2.05, 4.69) is 10.3 Å².